The summed E-state index contributed by atoms with van der Waals surface area (Å²) in [6, 6.07) is 12.6. The van der Waals surface area contributed by atoms with Crippen molar-refractivity contribution < 1.29 is 14.3 Å². The average Bonchev–Trinajstić information content (AvgIpc) is 3.27. The van der Waals surface area contributed by atoms with E-state index in [1.807, 2.05) is 24.3 Å². The van der Waals surface area contributed by atoms with Gasteiger partial charge in [-0.1, -0.05) is 29.8 Å². The third-order valence-corrected chi connectivity index (χ3v) is 4.88. The van der Waals surface area contributed by atoms with Crippen molar-refractivity contribution in [2.45, 2.75) is 12.8 Å². The van der Waals surface area contributed by atoms with Crippen LogP contribution >= 0.6 is 11.6 Å². The second-order valence-electron chi connectivity index (χ2n) is 6.73. The molecule has 0 aliphatic carbocycles. The number of halogens is 1. The summed E-state index contributed by atoms with van der Waals surface area (Å²) in [7, 11) is 0. The first-order valence-corrected chi connectivity index (χ1v) is 9.71. The van der Waals surface area contributed by atoms with Crippen molar-refractivity contribution in [3.05, 3.63) is 59.2 Å². The fourth-order valence-corrected chi connectivity index (χ4v) is 3.38. The highest BCUT2D eigenvalue weighted by Gasteiger charge is 2.23. The Morgan fingerprint density at radius 2 is 1.93 bits per heavy atom. The maximum atomic E-state index is 12.8. The van der Waals surface area contributed by atoms with Gasteiger partial charge < -0.3 is 15.0 Å². The second kappa shape index (κ2) is 8.45. The predicted octanol–water partition coefficient (Wildman–Crippen LogP) is 3.68. The normalized spacial score (nSPS) is 13.5. The van der Waals surface area contributed by atoms with Gasteiger partial charge in [-0.25, -0.2) is 14.8 Å². The number of para-hydroxylation sites is 1. The summed E-state index contributed by atoms with van der Waals surface area (Å²) < 4.78 is 5.26. The van der Waals surface area contributed by atoms with Crippen molar-refractivity contribution in [1.82, 2.24) is 9.97 Å². The second-order valence-corrected chi connectivity index (χ2v) is 7.17. The lowest BCUT2D eigenvalue weighted by Crippen LogP contribution is -2.25. The van der Waals surface area contributed by atoms with Gasteiger partial charge in [0, 0.05) is 24.7 Å². The molecule has 29 heavy (non-hydrogen) atoms. The van der Waals surface area contributed by atoms with Crippen LogP contribution in [-0.2, 0) is 9.53 Å². The van der Waals surface area contributed by atoms with Crippen LogP contribution in [0.2, 0.25) is 5.02 Å². The Labute approximate surface area is 172 Å². The molecule has 0 unspecified atom stereocenters. The van der Waals surface area contributed by atoms with E-state index in [4.69, 9.17) is 16.3 Å². The van der Waals surface area contributed by atoms with Crippen molar-refractivity contribution in [2.24, 2.45) is 0 Å². The van der Waals surface area contributed by atoms with Crippen molar-refractivity contribution >= 4 is 46.0 Å². The summed E-state index contributed by atoms with van der Waals surface area (Å²) in [6.07, 6.45) is 3.53. The quantitative estimate of drug-likeness (QED) is 0.646. The van der Waals surface area contributed by atoms with E-state index in [0.29, 0.717) is 22.2 Å². The van der Waals surface area contributed by atoms with E-state index in [1.165, 1.54) is 6.20 Å². The summed E-state index contributed by atoms with van der Waals surface area (Å²) in [5.41, 5.74) is 1.18. The van der Waals surface area contributed by atoms with Crippen LogP contribution in [0, 0.1) is 0 Å². The third kappa shape index (κ3) is 4.46. The molecule has 1 fully saturated rings. The molecule has 1 aliphatic rings. The lowest BCUT2D eigenvalue weighted by Gasteiger charge is -2.20. The Morgan fingerprint density at radius 1 is 1.14 bits per heavy atom. The fraction of sp³-hybridized carbons (Fsp3) is 0.238. The molecule has 1 amide bonds. The molecule has 3 aromatic rings. The van der Waals surface area contributed by atoms with Crippen LogP contribution in [0.5, 0.6) is 0 Å². The number of hydrogen-bond donors (Lipinski definition) is 1. The Balaban J connectivity index is 1.50. The number of fused-ring (bicyclic) bond motifs is 1. The number of pyridine rings is 2. The number of carbonyl (C=O) groups excluding carboxylic acids is 2. The Kier molecular flexibility index (Phi) is 5.57. The van der Waals surface area contributed by atoms with Crippen LogP contribution in [0.25, 0.3) is 10.9 Å². The van der Waals surface area contributed by atoms with Gasteiger partial charge in [0.15, 0.2) is 6.61 Å². The molecule has 0 atom stereocenters. The van der Waals surface area contributed by atoms with Crippen molar-refractivity contribution in [3.63, 3.8) is 0 Å². The molecule has 148 valence electrons. The molecule has 0 saturated carbocycles. The monoisotopic (exact) mass is 410 g/mol. The number of anilines is 2. The van der Waals surface area contributed by atoms with Crippen LogP contribution in [0.1, 0.15) is 23.2 Å². The molecule has 8 heteroatoms. The number of rotatable bonds is 5. The highest BCUT2D eigenvalue weighted by Crippen LogP contribution is 2.27. The molecule has 4 rings (SSSR count). The van der Waals surface area contributed by atoms with Crippen molar-refractivity contribution in [2.75, 3.05) is 29.9 Å². The molecule has 1 N–H and O–H groups in total. The van der Waals surface area contributed by atoms with Crippen LogP contribution in [0.4, 0.5) is 11.6 Å². The molecule has 1 aromatic carbocycles. The first-order chi connectivity index (χ1) is 14.1. The SMILES string of the molecule is O=C(COC(=O)c1cc2ccccc2nc1N1CCCC1)Nc1ccc(Cl)cn1. The van der Waals surface area contributed by atoms with E-state index in [0.717, 1.165) is 36.8 Å². The molecular formula is C21H19ClN4O3. The number of hydrogen-bond acceptors (Lipinski definition) is 6. The maximum absolute atomic E-state index is 12.8. The number of amides is 1. The smallest absolute Gasteiger partial charge is 0.342 e. The first kappa shape index (κ1) is 19.1. The van der Waals surface area contributed by atoms with E-state index in [2.05, 4.69) is 20.2 Å². The van der Waals surface area contributed by atoms with Gasteiger partial charge in [0.1, 0.15) is 17.2 Å². The summed E-state index contributed by atoms with van der Waals surface area (Å²) in [4.78, 5) is 35.6. The number of ether oxygens (including phenoxy) is 1. The number of carbonyl (C=O) groups is 2. The number of benzene rings is 1. The van der Waals surface area contributed by atoms with Crippen molar-refractivity contribution in [3.8, 4) is 0 Å². The van der Waals surface area contributed by atoms with E-state index < -0.39 is 18.5 Å². The number of nitrogens with zero attached hydrogens (tertiary/aromatic N) is 3. The number of aromatic nitrogens is 2. The van der Waals surface area contributed by atoms with Gasteiger partial charge in [0.2, 0.25) is 0 Å². The predicted molar refractivity (Wildman–Crippen MR) is 111 cm³/mol. The molecule has 1 saturated heterocycles. The van der Waals surface area contributed by atoms with Gasteiger partial charge in [-0.2, -0.15) is 0 Å². The minimum absolute atomic E-state index is 0.334. The van der Waals surface area contributed by atoms with Crippen LogP contribution in [0.3, 0.4) is 0 Å². The van der Waals surface area contributed by atoms with E-state index in [9.17, 15) is 9.59 Å². The van der Waals surface area contributed by atoms with Crippen LogP contribution < -0.4 is 10.2 Å². The Morgan fingerprint density at radius 3 is 2.69 bits per heavy atom. The molecule has 0 bridgehead atoms. The van der Waals surface area contributed by atoms with Crippen LogP contribution in [0.15, 0.2) is 48.7 Å². The highest BCUT2D eigenvalue weighted by atomic mass is 35.5. The molecule has 0 radical (unpaired) electrons. The van der Waals surface area contributed by atoms with Crippen molar-refractivity contribution in [1.29, 1.82) is 0 Å². The summed E-state index contributed by atoms with van der Waals surface area (Å²) in [5, 5.41) is 3.87. The minimum atomic E-state index is -0.579. The Bertz CT molecular complexity index is 1050. The standard InChI is InChI=1S/C21H19ClN4O3/c22-15-7-8-18(23-12-15)25-19(27)13-29-21(28)16-11-14-5-1-2-6-17(14)24-20(16)26-9-3-4-10-26/h1-2,5-8,11-12H,3-4,9-10,13H2,(H,23,25,27). The largest absolute Gasteiger partial charge is 0.452 e. The number of esters is 1. The van der Waals surface area contributed by atoms with Gasteiger partial charge in [0.25, 0.3) is 5.91 Å². The van der Waals surface area contributed by atoms with Gasteiger partial charge in [-0.3, -0.25) is 4.79 Å². The van der Waals surface area contributed by atoms with Gasteiger partial charge in [-0.15, -0.1) is 0 Å². The average molecular weight is 411 g/mol. The first-order valence-electron chi connectivity index (χ1n) is 9.33. The Hall–Kier alpha value is -3.19. The lowest BCUT2D eigenvalue weighted by molar-refractivity contribution is -0.119. The van der Waals surface area contributed by atoms with Gasteiger partial charge in [-0.05, 0) is 37.1 Å². The fourth-order valence-electron chi connectivity index (χ4n) is 3.26. The van der Waals surface area contributed by atoms with Crippen LogP contribution in [-0.4, -0.2) is 41.5 Å². The maximum Gasteiger partial charge on any atom is 0.342 e. The molecule has 7 nitrogen and oxygen atoms in total. The van der Waals surface area contributed by atoms with E-state index in [1.54, 1.807) is 18.2 Å². The molecular weight excluding hydrogens is 392 g/mol. The van der Waals surface area contributed by atoms with Gasteiger partial charge >= 0.3 is 5.97 Å². The minimum Gasteiger partial charge on any atom is -0.452 e. The van der Waals surface area contributed by atoms with E-state index >= 15 is 0 Å². The summed E-state index contributed by atoms with van der Waals surface area (Å²) >= 11 is 5.77. The molecule has 3 heterocycles. The summed E-state index contributed by atoms with van der Waals surface area (Å²) in [6.45, 7) is 1.26. The number of nitrogens with one attached hydrogen (secondary N) is 1. The highest BCUT2D eigenvalue weighted by molar-refractivity contribution is 6.30. The third-order valence-electron chi connectivity index (χ3n) is 4.66. The zero-order valence-corrected chi connectivity index (χ0v) is 16.4. The zero-order valence-electron chi connectivity index (χ0n) is 15.6. The zero-order chi connectivity index (χ0) is 20.2. The molecule has 2 aromatic heterocycles. The molecule has 0 spiro atoms. The van der Waals surface area contributed by atoms with E-state index in [-0.39, 0.29) is 0 Å². The lowest BCUT2D eigenvalue weighted by atomic mass is 10.1. The molecule has 1 aliphatic heterocycles. The topological polar surface area (TPSA) is 84.4 Å². The summed E-state index contributed by atoms with van der Waals surface area (Å²) in [5.74, 6) is -0.124. The van der Waals surface area contributed by atoms with Gasteiger partial charge in [0.05, 0.1) is 10.5 Å².